The van der Waals surface area contributed by atoms with Crippen molar-refractivity contribution in [1.29, 1.82) is 0 Å². The van der Waals surface area contributed by atoms with E-state index in [-0.39, 0.29) is 10.8 Å². The van der Waals surface area contributed by atoms with Gasteiger partial charge in [0, 0.05) is 11.6 Å². The fourth-order valence-corrected chi connectivity index (χ4v) is 4.35. The van der Waals surface area contributed by atoms with E-state index in [0.29, 0.717) is 5.84 Å². The number of nitrogens with one attached hydrogen (secondary N) is 1. The van der Waals surface area contributed by atoms with E-state index < -0.39 is 10.0 Å². The molecule has 1 aliphatic rings. The first-order valence-corrected chi connectivity index (χ1v) is 10.7. The average Bonchev–Trinajstić information content (AvgIpc) is 2.92. The van der Waals surface area contributed by atoms with Crippen LogP contribution in [0.15, 0.2) is 63.9 Å². The van der Waals surface area contributed by atoms with E-state index in [1.807, 2.05) is 37.3 Å². The van der Waals surface area contributed by atoms with E-state index in [9.17, 15) is 8.42 Å². The average molecular weight is 371 g/mol. The predicted octanol–water partition coefficient (Wildman–Crippen LogP) is 5.16. The number of nitrogens with zero attached hydrogens (tertiary/aromatic N) is 1. The molecule has 0 unspecified atom stereocenters. The Balaban J connectivity index is 1.95. The van der Waals surface area contributed by atoms with Gasteiger partial charge in [0.25, 0.3) is 10.0 Å². The molecule has 0 atom stereocenters. The topological polar surface area (TPSA) is 58.5 Å². The summed E-state index contributed by atoms with van der Waals surface area (Å²) in [6, 6.07) is 16.5. The van der Waals surface area contributed by atoms with Gasteiger partial charge in [0.1, 0.15) is 5.84 Å². The van der Waals surface area contributed by atoms with Gasteiger partial charge in [-0.25, -0.2) is 0 Å². The molecule has 2 aromatic rings. The molecule has 3 rings (SSSR count). The normalized spacial score (nSPS) is 16.9. The number of aryl methyl sites for hydroxylation is 1. The van der Waals surface area contributed by atoms with Crippen LogP contribution in [0.3, 0.4) is 0 Å². The van der Waals surface area contributed by atoms with Gasteiger partial charge >= 0.3 is 0 Å². The van der Waals surface area contributed by atoms with E-state index in [4.69, 9.17) is 0 Å². The quantitative estimate of drug-likeness (QED) is 0.459. The van der Waals surface area contributed by atoms with Crippen LogP contribution in [-0.2, 0) is 10.0 Å². The van der Waals surface area contributed by atoms with E-state index >= 15 is 0 Å². The van der Waals surface area contributed by atoms with Crippen molar-refractivity contribution in [1.82, 2.24) is 0 Å². The van der Waals surface area contributed by atoms with Crippen molar-refractivity contribution in [3.05, 3.63) is 60.2 Å². The van der Waals surface area contributed by atoms with Crippen LogP contribution in [0.4, 0.5) is 5.69 Å². The monoisotopic (exact) mass is 370 g/mol. The summed E-state index contributed by atoms with van der Waals surface area (Å²) in [5.74, 6) is 0.719. The molecule has 4 nitrogen and oxygen atoms in total. The minimum Gasteiger partial charge on any atom is -0.343 e. The lowest BCUT2D eigenvalue weighted by Gasteiger charge is -2.19. The molecule has 0 bridgehead atoms. The highest BCUT2D eigenvalue weighted by molar-refractivity contribution is 7.90. The van der Waals surface area contributed by atoms with E-state index in [1.54, 1.807) is 24.3 Å². The Labute approximate surface area is 156 Å². The number of amidine groups is 1. The molecule has 2 aromatic carbocycles. The number of sulfonamides is 1. The summed E-state index contributed by atoms with van der Waals surface area (Å²) in [5.41, 5.74) is 1.90. The molecule has 1 N–H and O–H groups in total. The Kier molecular flexibility index (Phi) is 6.09. The van der Waals surface area contributed by atoms with Crippen LogP contribution in [0, 0.1) is 12.8 Å². The molecule has 0 spiro atoms. The third-order valence-electron chi connectivity index (χ3n) is 4.83. The Bertz CT molecular complexity index is 835. The zero-order valence-electron chi connectivity index (χ0n) is 15.2. The lowest BCUT2D eigenvalue weighted by Crippen LogP contribution is -2.24. The van der Waals surface area contributed by atoms with Gasteiger partial charge in [-0.3, -0.25) is 0 Å². The van der Waals surface area contributed by atoms with Crippen molar-refractivity contribution >= 4 is 21.5 Å². The van der Waals surface area contributed by atoms with Crippen molar-refractivity contribution in [3.8, 4) is 0 Å². The predicted molar refractivity (Wildman–Crippen MR) is 107 cm³/mol. The molecule has 0 amide bonds. The maximum atomic E-state index is 12.8. The van der Waals surface area contributed by atoms with Crippen molar-refractivity contribution in [2.45, 2.75) is 50.3 Å². The van der Waals surface area contributed by atoms with E-state index in [1.165, 1.54) is 12.8 Å². The minimum atomic E-state index is -3.73. The van der Waals surface area contributed by atoms with Gasteiger partial charge in [0.2, 0.25) is 0 Å². The zero-order valence-corrected chi connectivity index (χ0v) is 16.0. The molecule has 0 radical (unpaired) electrons. The van der Waals surface area contributed by atoms with Gasteiger partial charge in [-0.05, 0) is 44.0 Å². The fraction of sp³-hybridized carbons (Fsp3) is 0.381. The summed E-state index contributed by atoms with van der Waals surface area (Å²) in [4.78, 5) is 0.240. The van der Waals surface area contributed by atoms with Gasteiger partial charge in [-0.1, -0.05) is 61.6 Å². The Hall–Kier alpha value is -2.14. The number of hydrogen-bond donors (Lipinski definition) is 1. The number of para-hydroxylation sites is 1. The van der Waals surface area contributed by atoms with Crippen LogP contribution in [0.5, 0.6) is 0 Å². The summed E-state index contributed by atoms with van der Waals surface area (Å²) < 4.78 is 29.9. The molecule has 1 fully saturated rings. The third kappa shape index (κ3) is 4.94. The fourth-order valence-electron chi connectivity index (χ4n) is 3.31. The molecule has 1 saturated carbocycles. The summed E-state index contributed by atoms with van der Waals surface area (Å²) in [6.45, 7) is 1.94. The SMILES string of the molecule is Cc1ccc(S(=O)(=O)/N=C(/Nc2ccccc2)C2CCCCCC2)cc1. The summed E-state index contributed by atoms with van der Waals surface area (Å²) in [5, 5.41) is 3.28. The molecule has 0 aliphatic heterocycles. The number of benzene rings is 2. The Morgan fingerprint density at radius 3 is 2.15 bits per heavy atom. The Morgan fingerprint density at radius 2 is 1.54 bits per heavy atom. The third-order valence-corrected chi connectivity index (χ3v) is 6.13. The van der Waals surface area contributed by atoms with E-state index in [0.717, 1.165) is 36.9 Å². The van der Waals surface area contributed by atoms with Gasteiger partial charge in [0.15, 0.2) is 0 Å². The molecular weight excluding hydrogens is 344 g/mol. The molecule has 0 heterocycles. The van der Waals surface area contributed by atoms with Crippen LogP contribution >= 0.6 is 0 Å². The van der Waals surface area contributed by atoms with Crippen LogP contribution in [0.2, 0.25) is 0 Å². The molecule has 0 saturated heterocycles. The van der Waals surface area contributed by atoms with Crippen molar-refractivity contribution in [2.24, 2.45) is 10.3 Å². The zero-order chi connectivity index (χ0) is 18.4. The lowest BCUT2D eigenvalue weighted by atomic mass is 9.99. The Morgan fingerprint density at radius 1 is 0.923 bits per heavy atom. The van der Waals surface area contributed by atoms with Gasteiger partial charge in [-0.15, -0.1) is 4.40 Å². The highest BCUT2D eigenvalue weighted by atomic mass is 32.2. The smallest absolute Gasteiger partial charge is 0.283 e. The van der Waals surface area contributed by atoms with Crippen LogP contribution in [0.25, 0.3) is 0 Å². The van der Waals surface area contributed by atoms with Crippen molar-refractivity contribution < 1.29 is 8.42 Å². The molecular formula is C21H26N2O2S. The molecule has 26 heavy (non-hydrogen) atoms. The highest BCUT2D eigenvalue weighted by Crippen LogP contribution is 2.26. The summed E-state index contributed by atoms with van der Waals surface area (Å²) in [7, 11) is -3.73. The maximum absolute atomic E-state index is 12.8. The van der Waals surface area contributed by atoms with Crippen LogP contribution in [0.1, 0.15) is 44.1 Å². The second-order valence-electron chi connectivity index (χ2n) is 6.94. The summed E-state index contributed by atoms with van der Waals surface area (Å²) >= 11 is 0. The first-order chi connectivity index (χ1) is 12.5. The van der Waals surface area contributed by atoms with Crippen LogP contribution < -0.4 is 5.32 Å². The molecule has 5 heteroatoms. The second kappa shape index (κ2) is 8.49. The van der Waals surface area contributed by atoms with Gasteiger partial charge in [-0.2, -0.15) is 8.42 Å². The van der Waals surface area contributed by atoms with Crippen LogP contribution in [-0.4, -0.2) is 14.3 Å². The number of rotatable bonds is 4. The second-order valence-corrected chi connectivity index (χ2v) is 8.55. The van der Waals surface area contributed by atoms with E-state index in [2.05, 4.69) is 9.71 Å². The van der Waals surface area contributed by atoms with Crippen molar-refractivity contribution in [2.75, 3.05) is 5.32 Å². The molecule has 1 aliphatic carbocycles. The minimum absolute atomic E-state index is 0.151. The standard InChI is InChI=1S/C21H26N2O2S/c1-17-13-15-20(16-14-17)26(24,25)23-21(18-9-5-2-3-6-10-18)22-19-11-7-4-8-12-19/h4,7-8,11-16,18H,2-3,5-6,9-10H2,1H3,(H,22,23). The first kappa shape index (κ1) is 18.6. The lowest BCUT2D eigenvalue weighted by molar-refractivity contribution is 0.583. The van der Waals surface area contributed by atoms with Gasteiger partial charge in [0.05, 0.1) is 4.90 Å². The number of hydrogen-bond acceptors (Lipinski definition) is 2. The highest BCUT2D eigenvalue weighted by Gasteiger charge is 2.22. The van der Waals surface area contributed by atoms with Gasteiger partial charge < -0.3 is 5.32 Å². The first-order valence-electron chi connectivity index (χ1n) is 9.28. The maximum Gasteiger partial charge on any atom is 0.283 e. The summed E-state index contributed by atoms with van der Waals surface area (Å²) in [6.07, 6.45) is 6.60. The molecule has 0 aromatic heterocycles. The number of anilines is 1. The van der Waals surface area contributed by atoms with Crippen molar-refractivity contribution in [3.63, 3.8) is 0 Å². The molecule has 138 valence electrons. The largest absolute Gasteiger partial charge is 0.343 e.